The summed E-state index contributed by atoms with van der Waals surface area (Å²) in [5.41, 5.74) is 0.437. The van der Waals surface area contributed by atoms with Crippen LogP contribution >= 0.6 is 0 Å². The summed E-state index contributed by atoms with van der Waals surface area (Å²) in [6.45, 7) is 7.13. The van der Waals surface area contributed by atoms with Gasteiger partial charge in [0.15, 0.2) is 0 Å². The molecule has 5 rings (SSSR count). The van der Waals surface area contributed by atoms with Crippen LogP contribution in [0.15, 0.2) is 23.1 Å². The van der Waals surface area contributed by atoms with Crippen LogP contribution in [0.2, 0.25) is 0 Å². The molecular formula is C20H29N3O3. The average Bonchev–Trinajstić information content (AvgIpc) is 3.00. The summed E-state index contributed by atoms with van der Waals surface area (Å²) in [5.74, 6) is 0.561. The predicted molar refractivity (Wildman–Crippen MR) is 99.3 cm³/mol. The van der Waals surface area contributed by atoms with Gasteiger partial charge in [0, 0.05) is 69.3 Å². The molecule has 2 atom stereocenters. The van der Waals surface area contributed by atoms with Gasteiger partial charge < -0.3 is 14.2 Å². The molecule has 142 valence electrons. The average molecular weight is 359 g/mol. The van der Waals surface area contributed by atoms with Crippen LogP contribution in [0.4, 0.5) is 0 Å². The molecule has 2 bridgehead atoms. The third-order valence-corrected chi connectivity index (χ3v) is 6.29. The van der Waals surface area contributed by atoms with E-state index in [1.165, 1.54) is 12.5 Å². The number of rotatable bonds is 3. The van der Waals surface area contributed by atoms with Crippen molar-refractivity contribution in [3.8, 4) is 0 Å². The minimum atomic E-state index is -0.0952. The number of carbonyl (C=O) groups excluding carboxylic acids is 1. The Kier molecular flexibility index (Phi) is 5.14. The zero-order chi connectivity index (χ0) is 18.1. The number of hydrogen-bond acceptors (Lipinski definition) is 4. The largest absolute Gasteiger partial charge is 0.381 e. The lowest BCUT2D eigenvalue weighted by Gasteiger charge is -2.37. The molecule has 0 radical (unpaired) electrons. The molecule has 4 saturated heterocycles. The summed E-state index contributed by atoms with van der Waals surface area (Å²) in [6.07, 6.45) is 6.21. The number of ether oxygens (including phenoxy) is 1. The van der Waals surface area contributed by atoms with Crippen LogP contribution in [-0.2, 0) is 11.3 Å². The predicted octanol–water partition coefficient (Wildman–Crippen LogP) is 1.58. The van der Waals surface area contributed by atoms with Gasteiger partial charge in [-0.05, 0) is 44.6 Å². The topological polar surface area (TPSA) is 54.8 Å². The highest BCUT2D eigenvalue weighted by Gasteiger charge is 2.39. The first-order chi connectivity index (χ1) is 12.7. The second-order valence-corrected chi connectivity index (χ2v) is 7.89. The van der Waals surface area contributed by atoms with Gasteiger partial charge >= 0.3 is 0 Å². The molecule has 4 fully saturated rings. The monoisotopic (exact) mass is 359 g/mol. The van der Waals surface area contributed by atoms with Crippen LogP contribution in [0, 0.1) is 5.92 Å². The van der Waals surface area contributed by atoms with E-state index in [1.54, 1.807) is 16.8 Å². The summed E-state index contributed by atoms with van der Waals surface area (Å²) in [6, 6.07) is 4.15. The molecule has 0 aromatic carbocycles. The summed E-state index contributed by atoms with van der Waals surface area (Å²) in [5, 5.41) is 0. The SMILES string of the molecule is CCn1ccc(C(=O)N2C[C@H]3CC[C@@H]2CN(C2CCOCC2)C3)cc1=O. The molecular weight excluding hydrogens is 330 g/mol. The van der Waals surface area contributed by atoms with E-state index < -0.39 is 0 Å². The summed E-state index contributed by atoms with van der Waals surface area (Å²) < 4.78 is 7.14. The van der Waals surface area contributed by atoms with Gasteiger partial charge in [-0.3, -0.25) is 14.5 Å². The minimum Gasteiger partial charge on any atom is -0.381 e. The Balaban J connectivity index is 1.51. The van der Waals surface area contributed by atoms with Gasteiger partial charge in [-0.15, -0.1) is 0 Å². The maximum atomic E-state index is 13.1. The Morgan fingerprint density at radius 1 is 1.12 bits per heavy atom. The van der Waals surface area contributed by atoms with Crippen LogP contribution in [0.5, 0.6) is 0 Å². The van der Waals surface area contributed by atoms with Crippen molar-refractivity contribution in [3.05, 3.63) is 34.2 Å². The fraction of sp³-hybridized carbons (Fsp3) is 0.700. The molecule has 6 heteroatoms. The maximum Gasteiger partial charge on any atom is 0.254 e. The van der Waals surface area contributed by atoms with Crippen molar-refractivity contribution in [2.24, 2.45) is 5.92 Å². The van der Waals surface area contributed by atoms with Gasteiger partial charge in [0.2, 0.25) is 0 Å². The smallest absolute Gasteiger partial charge is 0.254 e. The molecule has 4 aliphatic heterocycles. The number of aromatic nitrogens is 1. The highest BCUT2D eigenvalue weighted by molar-refractivity contribution is 5.94. The number of amides is 1. The van der Waals surface area contributed by atoms with Gasteiger partial charge in [-0.1, -0.05) is 0 Å². The third kappa shape index (κ3) is 3.45. The Morgan fingerprint density at radius 3 is 2.65 bits per heavy atom. The van der Waals surface area contributed by atoms with Gasteiger partial charge in [0.05, 0.1) is 0 Å². The van der Waals surface area contributed by atoms with Crippen molar-refractivity contribution in [1.82, 2.24) is 14.4 Å². The Bertz CT molecular complexity index is 710. The fourth-order valence-electron chi connectivity index (χ4n) is 4.78. The zero-order valence-electron chi connectivity index (χ0n) is 15.6. The molecule has 5 heterocycles. The minimum absolute atomic E-state index is 0.0221. The van der Waals surface area contributed by atoms with Crippen molar-refractivity contribution < 1.29 is 9.53 Å². The van der Waals surface area contributed by atoms with Crippen LogP contribution in [-0.4, -0.2) is 65.2 Å². The van der Waals surface area contributed by atoms with Crippen LogP contribution in [0.1, 0.15) is 43.0 Å². The molecule has 1 amide bonds. The highest BCUT2D eigenvalue weighted by atomic mass is 16.5. The van der Waals surface area contributed by atoms with Gasteiger partial charge in [0.1, 0.15) is 0 Å². The second kappa shape index (κ2) is 7.53. The summed E-state index contributed by atoms with van der Waals surface area (Å²) >= 11 is 0. The van der Waals surface area contributed by atoms with Gasteiger partial charge in [0.25, 0.3) is 11.5 Å². The molecule has 6 nitrogen and oxygen atoms in total. The van der Waals surface area contributed by atoms with Crippen LogP contribution in [0.25, 0.3) is 0 Å². The van der Waals surface area contributed by atoms with Gasteiger partial charge in [-0.2, -0.15) is 0 Å². The van der Waals surface area contributed by atoms with E-state index in [1.807, 2.05) is 11.8 Å². The maximum absolute atomic E-state index is 13.1. The van der Waals surface area contributed by atoms with E-state index in [9.17, 15) is 9.59 Å². The van der Waals surface area contributed by atoms with E-state index in [4.69, 9.17) is 4.74 Å². The van der Waals surface area contributed by atoms with E-state index in [0.29, 0.717) is 24.1 Å². The number of pyridine rings is 1. The molecule has 0 unspecified atom stereocenters. The van der Waals surface area contributed by atoms with E-state index in [2.05, 4.69) is 4.90 Å². The Labute approximate surface area is 154 Å². The van der Waals surface area contributed by atoms with Crippen molar-refractivity contribution in [1.29, 1.82) is 0 Å². The Hall–Kier alpha value is -1.66. The Morgan fingerprint density at radius 2 is 1.92 bits per heavy atom. The molecule has 0 spiro atoms. The standard InChI is InChI=1S/C20H29N3O3/c1-2-21-8-5-16(11-19(21)24)20(25)23-13-15-3-4-18(23)14-22(12-15)17-6-9-26-10-7-17/h5,8,11,15,17-18H,2-4,6-7,9-10,12-14H2,1H3/t15-,18+/m0/s1. The number of piperidine rings is 1. The van der Waals surface area contributed by atoms with E-state index in [-0.39, 0.29) is 17.5 Å². The van der Waals surface area contributed by atoms with Crippen LogP contribution < -0.4 is 5.56 Å². The molecule has 26 heavy (non-hydrogen) atoms. The van der Waals surface area contributed by atoms with Crippen molar-refractivity contribution in [2.45, 2.75) is 51.2 Å². The third-order valence-electron chi connectivity index (χ3n) is 6.29. The normalized spacial score (nSPS) is 27.5. The molecule has 1 aromatic rings. The quantitative estimate of drug-likeness (QED) is 0.822. The van der Waals surface area contributed by atoms with E-state index >= 15 is 0 Å². The molecule has 0 saturated carbocycles. The summed E-state index contributed by atoms with van der Waals surface area (Å²) in [4.78, 5) is 29.9. The number of aryl methyl sites for hydroxylation is 1. The van der Waals surface area contributed by atoms with Crippen molar-refractivity contribution >= 4 is 5.91 Å². The summed E-state index contributed by atoms with van der Waals surface area (Å²) in [7, 11) is 0. The zero-order valence-corrected chi connectivity index (χ0v) is 15.6. The van der Waals surface area contributed by atoms with E-state index in [0.717, 1.165) is 52.1 Å². The highest BCUT2D eigenvalue weighted by Crippen LogP contribution is 2.31. The number of carbonyl (C=O) groups is 1. The first kappa shape index (κ1) is 17.7. The number of nitrogens with zero attached hydrogens (tertiary/aromatic N) is 3. The number of hydrogen-bond donors (Lipinski definition) is 0. The first-order valence-electron chi connectivity index (χ1n) is 9.99. The molecule has 1 aromatic heterocycles. The lowest BCUT2D eigenvalue weighted by atomic mass is 9.94. The van der Waals surface area contributed by atoms with Gasteiger partial charge in [-0.25, -0.2) is 0 Å². The molecule has 4 aliphatic rings. The number of fused-ring (bicyclic) bond motifs is 4. The van der Waals surface area contributed by atoms with Crippen molar-refractivity contribution in [3.63, 3.8) is 0 Å². The fourth-order valence-corrected chi connectivity index (χ4v) is 4.78. The van der Waals surface area contributed by atoms with Crippen LogP contribution in [0.3, 0.4) is 0 Å². The first-order valence-corrected chi connectivity index (χ1v) is 9.99. The second-order valence-electron chi connectivity index (χ2n) is 7.89. The lowest BCUT2D eigenvalue weighted by molar-refractivity contribution is 0.0304. The van der Waals surface area contributed by atoms with Crippen molar-refractivity contribution in [2.75, 3.05) is 32.8 Å². The lowest BCUT2D eigenvalue weighted by Crippen LogP contribution is -2.48. The molecule has 0 aliphatic carbocycles. The molecule has 0 N–H and O–H groups in total.